The Balaban J connectivity index is 4.38. The summed E-state index contributed by atoms with van der Waals surface area (Å²) in [6.45, 7) is 6.37. The first-order valence-corrected chi connectivity index (χ1v) is 33.8. The van der Waals surface area contributed by atoms with Crippen LogP contribution in [0.5, 0.6) is 0 Å². The van der Waals surface area contributed by atoms with Crippen molar-refractivity contribution in [1.82, 2.24) is 0 Å². The quantitative estimate of drug-likeness (QED) is 0.0261. The summed E-state index contributed by atoms with van der Waals surface area (Å²) in [6.07, 6.45) is 98.6. The molecule has 0 saturated carbocycles. The highest BCUT2D eigenvalue weighted by Crippen LogP contribution is 2.16. The Hall–Kier alpha value is -4.71. The van der Waals surface area contributed by atoms with Crippen LogP contribution < -0.4 is 0 Å². The number of carbonyl (C=O) groups excluding carboxylic acids is 3. The van der Waals surface area contributed by atoms with Crippen LogP contribution in [0.2, 0.25) is 0 Å². The van der Waals surface area contributed by atoms with Crippen molar-refractivity contribution in [3.05, 3.63) is 146 Å². The van der Waals surface area contributed by atoms with E-state index in [2.05, 4.69) is 167 Å². The molecule has 0 fully saturated rings. The van der Waals surface area contributed by atoms with Crippen LogP contribution in [0.15, 0.2) is 146 Å². The summed E-state index contributed by atoms with van der Waals surface area (Å²) in [4.78, 5) is 38.4. The molecular formula is C76H124O6. The maximum Gasteiger partial charge on any atom is 0.306 e. The molecule has 0 aromatic carbocycles. The van der Waals surface area contributed by atoms with Crippen LogP contribution in [-0.2, 0) is 28.6 Å². The Morgan fingerprint density at radius 2 is 0.476 bits per heavy atom. The fraction of sp³-hybridized carbons (Fsp3) is 0.645. The van der Waals surface area contributed by atoms with Crippen LogP contribution >= 0.6 is 0 Å². The van der Waals surface area contributed by atoms with Gasteiger partial charge in [0.25, 0.3) is 0 Å². The molecule has 0 aromatic heterocycles. The third-order valence-corrected chi connectivity index (χ3v) is 14.1. The van der Waals surface area contributed by atoms with E-state index in [0.29, 0.717) is 12.8 Å². The minimum absolute atomic E-state index is 0.100. The van der Waals surface area contributed by atoms with E-state index < -0.39 is 6.10 Å². The third kappa shape index (κ3) is 66.1. The van der Waals surface area contributed by atoms with Crippen LogP contribution in [0, 0.1) is 0 Å². The second kappa shape index (κ2) is 68.8. The van der Waals surface area contributed by atoms with E-state index in [-0.39, 0.29) is 37.5 Å². The standard InChI is InChI=1S/C76H124O6/c1-4-7-10-13-16-19-22-25-28-31-33-34-35-36-37-38-39-40-41-42-44-45-48-51-54-57-60-63-66-69-75(78)81-72-73(71-80-74(77)68-65-62-59-56-53-50-47-30-27-24-21-18-15-12-9-6-3)82-76(79)70-67-64-61-58-55-52-49-46-43-32-29-26-23-20-17-14-11-8-5-2/h7-8,10-11,16-17,19-21,24-26,28-30,33-34,36-37,43,46-47,52,55,73H,4-6,9,12-15,18,22-23,27,31-32,35,38-42,44-45,48-51,53-54,56-72H2,1-3H3/b10-7-,11-8-,19-16-,20-17-,24-21-,28-25-,29-26-,34-33-,37-36-,46-43-,47-30-,55-52-. The van der Waals surface area contributed by atoms with Gasteiger partial charge in [0.15, 0.2) is 6.10 Å². The maximum atomic E-state index is 12.9. The molecule has 0 aromatic rings. The molecule has 0 saturated heterocycles. The highest BCUT2D eigenvalue weighted by atomic mass is 16.6. The topological polar surface area (TPSA) is 78.9 Å². The lowest BCUT2D eigenvalue weighted by atomic mass is 10.0. The Kier molecular flexibility index (Phi) is 64.8. The van der Waals surface area contributed by atoms with E-state index in [9.17, 15) is 14.4 Å². The monoisotopic (exact) mass is 1130 g/mol. The van der Waals surface area contributed by atoms with E-state index >= 15 is 0 Å². The molecule has 464 valence electrons. The number of unbranched alkanes of at least 4 members (excludes halogenated alkanes) is 25. The first kappa shape index (κ1) is 77.3. The van der Waals surface area contributed by atoms with E-state index in [4.69, 9.17) is 14.2 Å². The highest BCUT2D eigenvalue weighted by molar-refractivity contribution is 5.71. The number of carbonyl (C=O) groups is 3. The van der Waals surface area contributed by atoms with Crippen molar-refractivity contribution in [3.8, 4) is 0 Å². The lowest BCUT2D eigenvalue weighted by Crippen LogP contribution is -2.30. The van der Waals surface area contributed by atoms with Crippen molar-refractivity contribution in [2.45, 2.75) is 303 Å². The van der Waals surface area contributed by atoms with Gasteiger partial charge in [-0.2, -0.15) is 0 Å². The minimum Gasteiger partial charge on any atom is -0.462 e. The Morgan fingerprint density at radius 3 is 0.756 bits per heavy atom. The molecule has 0 rings (SSSR count). The molecule has 0 aliphatic rings. The first-order chi connectivity index (χ1) is 40.5. The van der Waals surface area contributed by atoms with Gasteiger partial charge in [-0.15, -0.1) is 0 Å². The zero-order valence-corrected chi connectivity index (χ0v) is 53.2. The van der Waals surface area contributed by atoms with Crippen LogP contribution in [0.4, 0.5) is 0 Å². The van der Waals surface area contributed by atoms with Gasteiger partial charge in [0.05, 0.1) is 0 Å². The van der Waals surface area contributed by atoms with Gasteiger partial charge in [-0.25, -0.2) is 0 Å². The van der Waals surface area contributed by atoms with Crippen LogP contribution in [0.3, 0.4) is 0 Å². The second-order valence-corrected chi connectivity index (χ2v) is 22.0. The van der Waals surface area contributed by atoms with Crippen molar-refractivity contribution in [2.75, 3.05) is 13.2 Å². The van der Waals surface area contributed by atoms with Crippen molar-refractivity contribution < 1.29 is 28.6 Å². The van der Waals surface area contributed by atoms with Gasteiger partial charge in [0.1, 0.15) is 13.2 Å². The Labute approximate surface area is 506 Å². The van der Waals surface area contributed by atoms with Gasteiger partial charge in [-0.05, 0) is 141 Å². The molecule has 1 atom stereocenters. The molecule has 0 amide bonds. The molecule has 6 nitrogen and oxygen atoms in total. The van der Waals surface area contributed by atoms with Gasteiger partial charge in [0.2, 0.25) is 0 Å². The Morgan fingerprint density at radius 1 is 0.256 bits per heavy atom. The van der Waals surface area contributed by atoms with Crippen molar-refractivity contribution >= 4 is 17.9 Å². The number of allylic oxidation sites excluding steroid dienone is 24. The number of hydrogen-bond donors (Lipinski definition) is 0. The largest absolute Gasteiger partial charge is 0.462 e. The first-order valence-electron chi connectivity index (χ1n) is 33.8. The van der Waals surface area contributed by atoms with Gasteiger partial charge < -0.3 is 14.2 Å². The lowest BCUT2D eigenvalue weighted by Gasteiger charge is -2.18. The van der Waals surface area contributed by atoms with E-state index in [1.54, 1.807) is 0 Å². The second-order valence-electron chi connectivity index (χ2n) is 22.0. The van der Waals surface area contributed by atoms with Gasteiger partial charge >= 0.3 is 17.9 Å². The molecule has 0 aliphatic carbocycles. The number of ether oxygens (including phenoxy) is 3. The molecule has 0 radical (unpaired) electrons. The van der Waals surface area contributed by atoms with E-state index in [1.807, 2.05) is 0 Å². The summed E-state index contributed by atoms with van der Waals surface area (Å²) in [6, 6.07) is 0. The SMILES string of the molecule is CC/C=C\C/C=C\C/C=C\C/C=C\C/C=C\CCCCCCCCCCCCCCCC(=O)OCC(COC(=O)CCCCCCC/C=C\C/C=C\CCCCCC)OC(=O)CCCCC/C=C\C/C=C\C/C=C\C/C=C\C/C=C\CC. The highest BCUT2D eigenvalue weighted by Gasteiger charge is 2.19. The van der Waals surface area contributed by atoms with E-state index in [1.165, 1.54) is 103 Å². The van der Waals surface area contributed by atoms with Crippen LogP contribution in [0.25, 0.3) is 0 Å². The molecule has 1 unspecified atom stereocenters. The van der Waals surface area contributed by atoms with Crippen molar-refractivity contribution in [2.24, 2.45) is 0 Å². The summed E-state index contributed by atoms with van der Waals surface area (Å²) in [5.74, 6) is -0.944. The summed E-state index contributed by atoms with van der Waals surface area (Å²) in [5.41, 5.74) is 0. The molecule has 82 heavy (non-hydrogen) atoms. The summed E-state index contributed by atoms with van der Waals surface area (Å²) < 4.78 is 16.9. The van der Waals surface area contributed by atoms with Gasteiger partial charge in [0, 0.05) is 19.3 Å². The van der Waals surface area contributed by atoms with Crippen LogP contribution in [0.1, 0.15) is 297 Å². The van der Waals surface area contributed by atoms with Crippen molar-refractivity contribution in [3.63, 3.8) is 0 Å². The molecule has 0 spiro atoms. The predicted octanol–water partition coefficient (Wildman–Crippen LogP) is 23.5. The average Bonchev–Trinajstić information content (AvgIpc) is 3.47. The van der Waals surface area contributed by atoms with Gasteiger partial charge in [-0.1, -0.05) is 282 Å². The maximum absolute atomic E-state index is 12.9. The zero-order chi connectivity index (χ0) is 59.2. The lowest BCUT2D eigenvalue weighted by molar-refractivity contribution is -0.167. The Bertz CT molecular complexity index is 1780. The number of esters is 3. The van der Waals surface area contributed by atoms with E-state index in [0.717, 1.165) is 154 Å². The summed E-state index contributed by atoms with van der Waals surface area (Å²) in [7, 11) is 0. The predicted molar refractivity (Wildman–Crippen MR) is 357 cm³/mol. The normalized spacial score (nSPS) is 13.1. The smallest absolute Gasteiger partial charge is 0.306 e. The van der Waals surface area contributed by atoms with Crippen molar-refractivity contribution in [1.29, 1.82) is 0 Å². The van der Waals surface area contributed by atoms with Gasteiger partial charge in [-0.3, -0.25) is 14.4 Å². The molecule has 0 aliphatic heterocycles. The number of rotatable bonds is 60. The minimum atomic E-state index is -0.809. The fourth-order valence-electron chi connectivity index (χ4n) is 9.06. The molecular weight excluding hydrogens is 1010 g/mol. The average molecular weight is 1130 g/mol. The van der Waals surface area contributed by atoms with Crippen LogP contribution in [-0.4, -0.2) is 37.2 Å². The molecule has 0 N–H and O–H groups in total. The molecule has 0 heterocycles. The summed E-state index contributed by atoms with van der Waals surface area (Å²) in [5, 5.41) is 0. The zero-order valence-electron chi connectivity index (χ0n) is 53.2. The molecule has 0 bridgehead atoms. The summed E-state index contributed by atoms with van der Waals surface area (Å²) >= 11 is 0. The molecule has 6 heteroatoms. The number of hydrogen-bond acceptors (Lipinski definition) is 6. The fourth-order valence-corrected chi connectivity index (χ4v) is 9.06. The third-order valence-electron chi connectivity index (χ3n) is 14.1.